The molecule has 4 aliphatic heterocycles. The minimum Gasteiger partial charge on any atom is -0.477 e. The van der Waals surface area contributed by atoms with Crippen LogP contribution < -0.4 is 11.1 Å². The number of thioether (sulfide) groups is 1. The van der Waals surface area contributed by atoms with E-state index in [4.69, 9.17) is 11.1 Å². The Balaban J connectivity index is 1.31. The van der Waals surface area contributed by atoms with E-state index in [0.717, 1.165) is 16.4 Å². The predicted molar refractivity (Wildman–Crippen MR) is 131 cm³/mol. The standard InChI is InChI=1S/C20H21N9O6S2/c21-7-27-4-10(5-27)28-2-1-8(16(28)31)3-9-6-36-18-12(17(32)29(18)13(9)19(33)34)23-15(30)11(25-35)14-24-20(22)37-26-14/h3,7,10,12,18,21,35H,1-2,4-6H2,(H,23,30)(H,33,34)(H2,22,24,26)/b8-3?,21-7?,25-11-/t12-,18-/m1/s1. The number of hydrogen-bond donors (Lipinski definition) is 5. The van der Waals surface area contributed by atoms with Crippen LogP contribution in [0.5, 0.6) is 0 Å². The lowest BCUT2D eigenvalue weighted by molar-refractivity contribution is -0.150. The predicted octanol–water partition coefficient (Wildman–Crippen LogP) is -1.51. The molecule has 0 aliphatic carbocycles. The van der Waals surface area contributed by atoms with E-state index in [1.807, 2.05) is 0 Å². The molecule has 3 saturated heterocycles. The number of aliphatic carboxylic acids is 1. The third-order valence-electron chi connectivity index (χ3n) is 6.48. The van der Waals surface area contributed by atoms with Gasteiger partial charge < -0.3 is 31.2 Å². The molecule has 4 aliphatic rings. The first kappa shape index (κ1) is 24.7. The number of likely N-dealkylation sites (tertiary alicyclic amines) is 2. The number of nitrogens with zero attached hydrogens (tertiary/aromatic N) is 6. The number of nitrogens with two attached hydrogens (primary N) is 1. The maximum atomic E-state index is 12.9. The number of carboxylic acids is 1. The van der Waals surface area contributed by atoms with Gasteiger partial charge in [-0.15, -0.1) is 11.8 Å². The molecular formula is C20H21N9O6S2. The van der Waals surface area contributed by atoms with Crippen LogP contribution >= 0.6 is 23.3 Å². The molecule has 17 heteroatoms. The molecule has 5 heterocycles. The molecule has 0 radical (unpaired) electrons. The molecule has 2 atom stereocenters. The van der Waals surface area contributed by atoms with Crippen LogP contribution in [0.4, 0.5) is 5.13 Å². The first-order valence-corrected chi connectivity index (χ1v) is 12.9. The van der Waals surface area contributed by atoms with Crippen LogP contribution in [0.1, 0.15) is 12.2 Å². The number of carbonyl (C=O) groups is 4. The van der Waals surface area contributed by atoms with Crippen molar-refractivity contribution in [2.45, 2.75) is 23.9 Å². The van der Waals surface area contributed by atoms with Crippen molar-refractivity contribution in [1.29, 1.82) is 5.41 Å². The van der Waals surface area contributed by atoms with E-state index in [9.17, 15) is 29.5 Å². The van der Waals surface area contributed by atoms with Crippen molar-refractivity contribution < 1.29 is 29.5 Å². The van der Waals surface area contributed by atoms with Gasteiger partial charge in [-0.1, -0.05) is 5.16 Å². The molecule has 0 aromatic carbocycles. The number of fused-ring (bicyclic) bond motifs is 1. The van der Waals surface area contributed by atoms with Crippen molar-refractivity contribution in [3.05, 3.63) is 28.7 Å². The lowest BCUT2D eigenvalue weighted by atomic mass is 10.0. The van der Waals surface area contributed by atoms with Crippen LogP contribution in [0.3, 0.4) is 0 Å². The van der Waals surface area contributed by atoms with Crippen LogP contribution in [0.15, 0.2) is 28.1 Å². The lowest BCUT2D eigenvalue weighted by Crippen LogP contribution is -2.71. The van der Waals surface area contributed by atoms with Gasteiger partial charge in [0.2, 0.25) is 17.4 Å². The summed E-state index contributed by atoms with van der Waals surface area (Å²) in [4.78, 5) is 59.0. The average Bonchev–Trinajstić information content (AvgIpc) is 3.42. The number of nitrogen functional groups attached to an aromatic ring is 1. The van der Waals surface area contributed by atoms with Crippen LogP contribution in [0, 0.1) is 5.41 Å². The van der Waals surface area contributed by atoms with E-state index in [1.165, 1.54) is 18.1 Å². The minimum absolute atomic E-state index is 0.0163. The monoisotopic (exact) mass is 547 g/mol. The number of carboxylic acid groups (broad SMARTS) is 1. The largest absolute Gasteiger partial charge is 0.477 e. The van der Waals surface area contributed by atoms with Gasteiger partial charge in [-0.2, -0.15) is 9.36 Å². The number of anilines is 1. The SMILES string of the molecule is N=CN1CC(N2CCC(=CC3=C(C(=O)O)N4C(=O)[C@@H](NC(=O)/C(=N\O)c5nsc(N)n5)[C@H]4SC3)C2=O)C1. The summed E-state index contributed by atoms with van der Waals surface area (Å²) >= 11 is 2.04. The maximum Gasteiger partial charge on any atom is 0.352 e. The second-order valence-electron chi connectivity index (χ2n) is 8.60. The van der Waals surface area contributed by atoms with Crippen molar-refractivity contribution in [2.75, 3.05) is 31.1 Å². The minimum atomic E-state index is -1.32. The molecule has 0 bridgehead atoms. The summed E-state index contributed by atoms with van der Waals surface area (Å²) in [5.74, 6) is -3.06. The van der Waals surface area contributed by atoms with Crippen molar-refractivity contribution in [1.82, 2.24) is 29.4 Å². The van der Waals surface area contributed by atoms with Gasteiger partial charge in [0.25, 0.3) is 11.8 Å². The van der Waals surface area contributed by atoms with Crippen molar-refractivity contribution >= 4 is 64.2 Å². The van der Waals surface area contributed by atoms with Crippen molar-refractivity contribution in [3.63, 3.8) is 0 Å². The second-order valence-corrected chi connectivity index (χ2v) is 10.5. The number of aromatic nitrogens is 2. The molecule has 0 unspecified atom stereocenters. The zero-order chi connectivity index (χ0) is 26.4. The van der Waals surface area contributed by atoms with Crippen LogP contribution in [0.25, 0.3) is 0 Å². The van der Waals surface area contributed by atoms with E-state index in [-0.39, 0.29) is 34.4 Å². The Kier molecular flexibility index (Phi) is 6.32. The highest BCUT2D eigenvalue weighted by Gasteiger charge is 2.54. The quantitative estimate of drug-likeness (QED) is 0.0659. The Morgan fingerprint density at radius 2 is 2.05 bits per heavy atom. The number of β-lactam (4-membered cyclic amide) rings is 1. The fourth-order valence-corrected chi connectivity index (χ4v) is 6.34. The fourth-order valence-electron chi connectivity index (χ4n) is 4.60. The van der Waals surface area contributed by atoms with E-state index in [1.54, 1.807) is 15.9 Å². The topological polar surface area (TPSA) is 218 Å². The number of hydrogen-bond acceptors (Lipinski definition) is 12. The molecule has 1 aromatic rings. The molecule has 37 heavy (non-hydrogen) atoms. The molecule has 3 fully saturated rings. The summed E-state index contributed by atoms with van der Waals surface area (Å²) in [6.07, 6.45) is 3.24. The lowest BCUT2D eigenvalue weighted by Gasteiger charge is -2.49. The van der Waals surface area contributed by atoms with Crippen LogP contribution in [0.2, 0.25) is 0 Å². The third kappa shape index (κ3) is 4.18. The highest BCUT2D eigenvalue weighted by Crippen LogP contribution is 2.41. The van der Waals surface area contributed by atoms with Gasteiger partial charge in [0.1, 0.15) is 17.1 Å². The molecular weight excluding hydrogens is 526 g/mol. The number of carbonyl (C=O) groups excluding carboxylic acids is 3. The van der Waals surface area contributed by atoms with Gasteiger partial charge in [0.05, 0.1) is 12.4 Å². The van der Waals surface area contributed by atoms with Crippen LogP contribution in [-0.2, 0) is 19.2 Å². The van der Waals surface area contributed by atoms with Gasteiger partial charge in [-0.05, 0) is 18.1 Å². The zero-order valence-electron chi connectivity index (χ0n) is 19.0. The number of allylic oxidation sites excluding steroid dienone is 1. The van der Waals surface area contributed by atoms with Gasteiger partial charge in [0.15, 0.2) is 5.13 Å². The Morgan fingerprint density at radius 1 is 1.30 bits per heavy atom. The Bertz CT molecular complexity index is 1300. The third-order valence-corrected chi connectivity index (χ3v) is 8.32. The van der Waals surface area contributed by atoms with Gasteiger partial charge in [-0.3, -0.25) is 24.7 Å². The molecule has 5 rings (SSSR count). The summed E-state index contributed by atoms with van der Waals surface area (Å²) in [6, 6.07) is -1.05. The zero-order valence-corrected chi connectivity index (χ0v) is 20.7. The van der Waals surface area contributed by atoms with E-state index < -0.39 is 34.9 Å². The molecule has 15 nitrogen and oxygen atoms in total. The van der Waals surface area contributed by atoms with E-state index >= 15 is 0 Å². The second kappa shape index (κ2) is 9.47. The molecule has 6 N–H and O–H groups in total. The summed E-state index contributed by atoms with van der Waals surface area (Å²) in [7, 11) is 0. The summed E-state index contributed by atoms with van der Waals surface area (Å²) in [5.41, 5.74) is 5.55. The maximum absolute atomic E-state index is 12.9. The van der Waals surface area contributed by atoms with Gasteiger partial charge >= 0.3 is 5.97 Å². The first-order chi connectivity index (χ1) is 17.7. The number of nitrogens with one attached hydrogen (secondary N) is 2. The smallest absolute Gasteiger partial charge is 0.352 e. The average molecular weight is 548 g/mol. The Hall–Kier alpha value is -3.99. The molecule has 0 spiro atoms. The van der Waals surface area contributed by atoms with Crippen molar-refractivity contribution in [3.8, 4) is 0 Å². The van der Waals surface area contributed by atoms with Crippen LogP contribution in [-0.4, -0.2) is 113 Å². The normalized spacial score (nSPS) is 25.2. The van der Waals surface area contributed by atoms with E-state index in [0.29, 0.717) is 37.2 Å². The summed E-state index contributed by atoms with van der Waals surface area (Å²) in [6.45, 7) is 1.69. The molecule has 1 aromatic heterocycles. The van der Waals surface area contributed by atoms with Gasteiger partial charge in [-0.25, -0.2) is 4.79 Å². The Labute approximate surface area is 217 Å². The fraction of sp³-hybridized carbons (Fsp3) is 0.400. The Morgan fingerprint density at radius 3 is 2.68 bits per heavy atom. The highest BCUT2D eigenvalue weighted by molar-refractivity contribution is 8.00. The summed E-state index contributed by atoms with van der Waals surface area (Å²) in [5, 5.41) is 31.1. The molecule has 194 valence electrons. The molecule has 3 amide bonds. The van der Waals surface area contributed by atoms with Gasteiger partial charge in [0, 0.05) is 42.5 Å². The van der Waals surface area contributed by atoms with E-state index in [2.05, 4.69) is 19.8 Å². The number of oxime groups is 1. The number of rotatable bonds is 7. The highest BCUT2D eigenvalue weighted by atomic mass is 32.2. The number of amides is 3. The first-order valence-electron chi connectivity index (χ1n) is 11.0. The van der Waals surface area contributed by atoms with Crippen molar-refractivity contribution in [2.24, 2.45) is 5.16 Å². The molecule has 0 saturated carbocycles. The summed E-state index contributed by atoms with van der Waals surface area (Å²) < 4.78 is 3.81.